The summed E-state index contributed by atoms with van der Waals surface area (Å²) in [5.41, 5.74) is 5.88. The maximum absolute atomic E-state index is 7.56. The summed E-state index contributed by atoms with van der Waals surface area (Å²) < 4.78 is 6.10. The number of hydrogen-bond donors (Lipinski definition) is 2. The Hall–Kier alpha value is -1.65. The van der Waals surface area contributed by atoms with E-state index in [0.717, 1.165) is 6.42 Å². The molecule has 1 fully saturated rings. The average Bonchev–Trinajstić information content (AvgIpc) is 2.38. The maximum atomic E-state index is 7.56. The zero-order chi connectivity index (χ0) is 14.7. The lowest BCUT2D eigenvalue weighted by Gasteiger charge is -2.37. The van der Waals surface area contributed by atoms with Gasteiger partial charge >= 0.3 is 0 Å². The van der Waals surface area contributed by atoms with Crippen LogP contribution in [0.1, 0.15) is 45.7 Å². The van der Waals surface area contributed by atoms with Crippen LogP contribution < -0.4 is 10.5 Å². The largest absolute Gasteiger partial charge is 0.472 e. The lowest BCUT2D eigenvalue weighted by atomic mass is 9.75. The van der Waals surface area contributed by atoms with Crippen LogP contribution in [0, 0.1) is 23.2 Å². The lowest BCUT2D eigenvalue weighted by molar-refractivity contribution is 0.0421. The van der Waals surface area contributed by atoms with Crippen molar-refractivity contribution in [1.29, 1.82) is 5.41 Å². The van der Waals surface area contributed by atoms with Gasteiger partial charge < -0.3 is 10.5 Å². The molecule has 5 nitrogen and oxygen atoms in total. The number of ether oxygens (including phenoxy) is 1. The fraction of sp³-hybridized carbons (Fsp3) is 0.667. The smallest absolute Gasteiger partial charge is 0.244 e. The van der Waals surface area contributed by atoms with E-state index in [4.69, 9.17) is 15.9 Å². The number of nitrogens with zero attached hydrogens (tertiary/aromatic N) is 2. The molecule has 3 N–H and O–H groups in total. The first-order chi connectivity index (χ1) is 9.49. The van der Waals surface area contributed by atoms with Crippen molar-refractivity contribution >= 4 is 5.84 Å². The summed E-state index contributed by atoms with van der Waals surface area (Å²) in [6, 6.07) is 0. The van der Waals surface area contributed by atoms with Gasteiger partial charge in [0.25, 0.3) is 0 Å². The highest BCUT2D eigenvalue weighted by molar-refractivity contribution is 5.94. The van der Waals surface area contributed by atoms with Gasteiger partial charge in [-0.3, -0.25) is 5.41 Å². The summed E-state index contributed by atoms with van der Waals surface area (Å²) in [6.07, 6.45) is 6.71. The second-order valence-electron chi connectivity index (χ2n) is 6.11. The Morgan fingerprint density at radius 2 is 2.05 bits per heavy atom. The molecular formula is C15H24N4O. The van der Waals surface area contributed by atoms with Crippen LogP contribution in [-0.4, -0.2) is 21.9 Å². The zero-order valence-electron chi connectivity index (χ0n) is 12.5. The number of rotatable bonds is 4. The van der Waals surface area contributed by atoms with Gasteiger partial charge in [-0.2, -0.15) is 0 Å². The molecule has 0 saturated heterocycles. The molecule has 1 aromatic heterocycles. The van der Waals surface area contributed by atoms with Gasteiger partial charge in [0.05, 0.1) is 0 Å². The first-order valence-electron chi connectivity index (χ1n) is 7.31. The van der Waals surface area contributed by atoms with Gasteiger partial charge in [0.1, 0.15) is 11.9 Å². The number of nitrogens with one attached hydrogen (secondary N) is 1. The number of aromatic nitrogens is 2. The predicted molar refractivity (Wildman–Crippen MR) is 78.8 cm³/mol. The molecule has 0 aromatic carbocycles. The van der Waals surface area contributed by atoms with Crippen LogP contribution in [0.15, 0.2) is 12.4 Å². The Labute approximate surface area is 120 Å². The highest BCUT2D eigenvalue weighted by Crippen LogP contribution is 2.35. The number of amidine groups is 1. The molecule has 0 amide bonds. The molecule has 0 radical (unpaired) electrons. The molecule has 5 heteroatoms. The van der Waals surface area contributed by atoms with Gasteiger partial charge in [-0.05, 0) is 30.6 Å². The summed E-state index contributed by atoms with van der Waals surface area (Å²) in [4.78, 5) is 8.30. The van der Waals surface area contributed by atoms with Crippen LogP contribution in [0.5, 0.6) is 5.88 Å². The van der Waals surface area contributed by atoms with Crippen molar-refractivity contribution in [1.82, 2.24) is 9.97 Å². The minimum Gasteiger partial charge on any atom is -0.472 e. The topological polar surface area (TPSA) is 84.9 Å². The van der Waals surface area contributed by atoms with E-state index in [1.165, 1.54) is 19.0 Å². The molecule has 3 atom stereocenters. The van der Waals surface area contributed by atoms with Crippen LogP contribution in [0.4, 0.5) is 0 Å². The highest BCUT2D eigenvalue weighted by atomic mass is 16.5. The molecule has 110 valence electrons. The Morgan fingerprint density at radius 1 is 1.35 bits per heavy atom. The van der Waals surface area contributed by atoms with E-state index in [9.17, 15) is 0 Å². The molecule has 2 rings (SSSR count). The summed E-state index contributed by atoms with van der Waals surface area (Å²) in [5.74, 6) is 2.05. The highest BCUT2D eigenvalue weighted by Gasteiger charge is 2.33. The molecule has 1 aliphatic carbocycles. The van der Waals surface area contributed by atoms with Crippen molar-refractivity contribution < 1.29 is 4.74 Å². The molecule has 1 aliphatic rings. The van der Waals surface area contributed by atoms with E-state index in [0.29, 0.717) is 29.3 Å². The zero-order valence-corrected chi connectivity index (χ0v) is 12.5. The van der Waals surface area contributed by atoms with E-state index >= 15 is 0 Å². The predicted octanol–water partition coefficient (Wildman–Crippen LogP) is 2.60. The second-order valence-corrected chi connectivity index (χ2v) is 6.11. The van der Waals surface area contributed by atoms with Crippen LogP contribution in [0.3, 0.4) is 0 Å². The van der Waals surface area contributed by atoms with Crippen molar-refractivity contribution in [3.8, 4) is 5.88 Å². The normalized spacial score (nSPS) is 26.5. The first kappa shape index (κ1) is 14.8. The Balaban J connectivity index is 2.20. The Kier molecular flexibility index (Phi) is 4.57. The van der Waals surface area contributed by atoms with Crippen LogP contribution >= 0.6 is 0 Å². The maximum Gasteiger partial charge on any atom is 0.244 e. The van der Waals surface area contributed by atoms with Crippen LogP contribution in [-0.2, 0) is 0 Å². The first-order valence-corrected chi connectivity index (χ1v) is 7.31. The third-order valence-corrected chi connectivity index (χ3v) is 4.14. The molecule has 0 aliphatic heterocycles. The molecule has 3 unspecified atom stereocenters. The third kappa shape index (κ3) is 3.26. The number of nitrogens with two attached hydrogens (primary N) is 1. The Morgan fingerprint density at radius 3 is 2.70 bits per heavy atom. The number of hydrogen-bond acceptors (Lipinski definition) is 4. The van der Waals surface area contributed by atoms with Crippen molar-refractivity contribution in [2.45, 2.75) is 46.1 Å². The van der Waals surface area contributed by atoms with E-state index in [1.54, 1.807) is 6.20 Å². The van der Waals surface area contributed by atoms with Crippen molar-refractivity contribution in [3.63, 3.8) is 0 Å². The van der Waals surface area contributed by atoms with Crippen molar-refractivity contribution in [2.75, 3.05) is 0 Å². The average molecular weight is 276 g/mol. The van der Waals surface area contributed by atoms with Gasteiger partial charge in [0, 0.05) is 12.4 Å². The van der Waals surface area contributed by atoms with Gasteiger partial charge in [-0.25, -0.2) is 9.97 Å². The number of nitrogen functional groups attached to an aromatic ring is 1. The minimum absolute atomic E-state index is 0.0990. The Bertz CT molecular complexity index is 475. The van der Waals surface area contributed by atoms with Crippen LogP contribution in [0.2, 0.25) is 0 Å². The van der Waals surface area contributed by atoms with Gasteiger partial charge in [0.2, 0.25) is 5.88 Å². The van der Waals surface area contributed by atoms with Gasteiger partial charge in [-0.1, -0.05) is 27.2 Å². The second kappa shape index (κ2) is 6.20. The molecule has 1 saturated carbocycles. The molecule has 1 aromatic rings. The fourth-order valence-corrected chi connectivity index (χ4v) is 2.99. The summed E-state index contributed by atoms with van der Waals surface area (Å²) >= 11 is 0. The van der Waals surface area contributed by atoms with E-state index < -0.39 is 0 Å². The SMILES string of the molecule is CC1CCC(C(C)C)C(Oc2nccnc2C(=N)N)C1. The molecule has 1 heterocycles. The fourth-order valence-electron chi connectivity index (χ4n) is 2.99. The van der Waals surface area contributed by atoms with E-state index in [1.807, 2.05) is 0 Å². The van der Waals surface area contributed by atoms with Gasteiger partial charge in [0.15, 0.2) is 5.69 Å². The quantitative estimate of drug-likeness (QED) is 0.654. The summed E-state index contributed by atoms with van der Waals surface area (Å²) in [5, 5.41) is 7.56. The van der Waals surface area contributed by atoms with Crippen LogP contribution in [0.25, 0.3) is 0 Å². The van der Waals surface area contributed by atoms with E-state index in [2.05, 4.69) is 30.7 Å². The minimum atomic E-state index is -0.0990. The third-order valence-electron chi connectivity index (χ3n) is 4.14. The molecule has 0 spiro atoms. The summed E-state index contributed by atoms with van der Waals surface area (Å²) in [6.45, 7) is 6.73. The summed E-state index contributed by atoms with van der Waals surface area (Å²) in [7, 11) is 0. The van der Waals surface area contributed by atoms with Crippen molar-refractivity contribution in [2.24, 2.45) is 23.5 Å². The van der Waals surface area contributed by atoms with Crippen molar-refractivity contribution in [3.05, 3.63) is 18.1 Å². The molecular weight excluding hydrogens is 252 g/mol. The van der Waals surface area contributed by atoms with E-state index in [-0.39, 0.29) is 11.9 Å². The monoisotopic (exact) mass is 276 g/mol. The van der Waals surface area contributed by atoms with Gasteiger partial charge in [-0.15, -0.1) is 0 Å². The standard InChI is InChI=1S/C15H24N4O/c1-9(2)11-5-4-10(3)8-12(11)20-15-13(14(16)17)18-6-7-19-15/h6-7,9-12H,4-5,8H2,1-3H3,(H3,16,17). The lowest BCUT2D eigenvalue weighted by Crippen LogP contribution is -2.37. The molecule has 20 heavy (non-hydrogen) atoms. The molecule has 0 bridgehead atoms.